The molecule has 0 aliphatic heterocycles. The Balaban J connectivity index is 1.92. The average Bonchev–Trinajstić information content (AvgIpc) is 2.98. The topological polar surface area (TPSA) is 58.2 Å². The van der Waals surface area contributed by atoms with Crippen molar-refractivity contribution in [2.45, 2.75) is 4.90 Å². The maximum atomic E-state index is 11.8. The zero-order valence-corrected chi connectivity index (χ0v) is 11.8. The Bertz CT molecular complexity index is 565. The summed E-state index contributed by atoms with van der Waals surface area (Å²) in [6, 6.07) is 10.6. The van der Waals surface area contributed by atoms with Crippen molar-refractivity contribution in [3.63, 3.8) is 0 Å². The van der Waals surface area contributed by atoms with Gasteiger partial charge >= 0.3 is 0 Å². The zero-order valence-electron chi connectivity index (χ0n) is 10.2. The number of hydrogen-bond acceptors (Lipinski definition) is 4. The van der Waals surface area contributed by atoms with Gasteiger partial charge in [-0.3, -0.25) is 20.4 Å². The number of hydrazine groups is 1. The van der Waals surface area contributed by atoms with Crippen LogP contribution in [0.5, 0.6) is 0 Å². The van der Waals surface area contributed by atoms with E-state index in [-0.39, 0.29) is 11.8 Å². The first-order valence-electron chi connectivity index (χ1n) is 5.49. The highest BCUT2D eigenvalue weighted by atomic mass is 32.2. The van der Waals surface area contributed by atoms with E-state index < -0.39 is 0 Å². The van der Waals surface area contributed by atoms with Gasteiger partial charge in [-0.15, -0.1) is 23.1 Å². The third kappa shape index (κ3) is 3.59. The van der Waals surface area contributed by atoms with Crippen LogP contribution >= 0.6 is 23.1 Å². The molecule has 1 aromatic carbocycles. The highest BCUT2D eigenvalue weighted by Gasteiger charge is 2.09. The van der Waals surface area contributed by atoms with Crippen LogP contribution in [0.15, 0.2) is 46.7 Å². The van der Waals surface area contributed by atoms with Crippen molar-refractivity contribution < 1.29 is 9.59 Å². The molecule has 2 aromatic rings. The Morgan fingerprint density at radius 2 is 1.74 bits per heavy atom. The Hall–Kier alpha value is -1.79. The number of carbonyl (C=O) groups excluding carboxylic acids is 2. The van der Waals surface area contributed by atoms with Crippen LogP contribution in [0.3, 0.4) is 0 Å². The summed E-state index contributed by atoms with van der Waals surface area (Å²) in [5, 5.41) is 1.80. The molecule has 6 heteroatoms. The molecule has 0 saturated carbocycles. The van der Waals surface area contributed by atoms with E-state index in [1.807, 2.05) is 18.4 Å². The SMILES string of the molecule is CSc1ccc(C(=O)NNC(=O)c2cccs2)cc1. The fourth-order valence-electron chi connectivity index (χ4n) is 1.40. The predicted octanol–water partition coefficient (Wildman–Crippen LogP) is 2.54. The second-order valence-corrected chi connectivity index (χ2v) is 5.44. The molecule has 2 rings (SSSR count). The molecule has 0 fully saturated rings. The van der Waals surface area contributed by atoms with Gasteiger partial charge in [0.05, 0.1) is 4.88 Å². The van der Waals surface area contributed by atoms with Crippen molar-refractivity contribution in [3.8, 4) is 0 Å². The van der Waals surface area contributed by atoms with Crippen molar-refractivity contribution >= 4 is 34.9 Å². The first kappa shape index (κ1) is 13.6. The summed E-state index contributed by atoms with van der Waals surface area (Å²) in [5.41, 5.74) is 5.27. The van der Waals surface area contributed by atoms with Crippen LogP contribution in [0.2, 0.25) is 0 Å². The fraction of sp³-hybridized carbons (Fsp3) is 0.0769. The number of hydrogen-bond donors (Lipinski definition) is 2. The Kier molecular flexibility index (Phi) is 4.59. The average molecular weight is 292 g/mol. The van der Waals surface area contributed by atoms with Gasteiger partial charge in [-0.2, -0.15) is 0 Å². The molecule has 1 heterocycles. The largest absolute Gasteiger partial charge is 0.279 e. The summed E-state index contributed by atoms with van der Waals surface area (Å²) in [7, 11) is 0. The van der Waals surface area contributed by atoms with Crippen LogP contribution in [0.4, 0.5) is 0 Å². The standard InChI is InChI=1S/C13H12N2O2S2/c1-18-10-6-4-9(5-7-10)12(16)14-15-13(17)11-3-2-8-19-11/h2-8H,1H3,(H,14,16)(H,15,17). The third-order valence-electron chi connectivity index (χ3n) is 2.39. The minimum Gasteiger partial charge on any atom is -0.267 e. The molecule has 19 heavy (non-hydrogen) atoms. The fourth-order valence-corrected chi connectivity index (χ4v) is 2.42. The van der Waals surface area contributed by atoms with E-state index in [1.165, 1.54) is 11.3 Å². The summed E-state index contributed by atoms with van der Waals surface area (Å²) in [6.45, 7) is 0. The number of thioether (sulfide) groups is 1. The molecule has 0 aliphatic carbocycles. The normalized spacial score (nSPS) is 9.95. The first-order chi connectivity index (χ1) is 9.20. The van der Waals surface area contributed by atoms with E-state index >= 15 is 0 Å². The van der Waals surface area contributed by atoms with E-state index in [4.69, 9.17) is 0 Å². The van der Waals surface area contributed by atoms with E-state index in [2.05, 4.69) is 10.9 Å². The van der Waals surface area contributed by atoms with Gasteiger partial charge in [-0.1, -0.05) is 6.07 Å². The molecule has 0 radical (unpaired) electrons. The lowest BCUT2D eigenvalue weighted by Gasteiger charge is -2.06. The second-order valence-electron chi connectivity index (χ2n) is 3.61. The van der Waals surface area contributed by atoms with Gasteiger partial charge in [0.1, 0.15) is 0 Å². The van der Waals surface area contributed by atoms with Crippen molar-refractivity contribution in [1.82, 2.24) is 10.9 Å². The smallest absolute Gasteiger partial charge is 0.267 e. The maximum Gasteiger partial charge on any atom is 0.279 e. The lowest BCUT2D eigenvalue weighted by atomic mass is 10.2. The van der Waals surface area contributed by atoms with E-state index in [0.29, 0.717) is 10.4 Å². The number of thiophene rings is 1. The zero-order chi connectivity index (χ0) is 13.7. The number of benzene rings is 1. The minimum absolute atomic E-state index is 0.316. The number of amides is 2. The Morgan fingerprint density at radius 1 is 1.05 bits per heavy atom. The van der Waals surface area contributed by atoms with E-state index in [0.717, 1.165) is 4.90 Å². The maximum absolute atomic E-state index is 11.8. The van der Waals surface area contributed by atoms with Gasteiger partial charge in [-0.05, 0) is 42.0 Å². The minimum atomic E-state index is -0.336. The first-order valence-corrected chi connectivity index (χ1v) is 7.59. The molecule has 2 N–H and O–H groups in total. The van der Waals surface area contributed by atoms with Crippen LogP contribution < -0.4 is 10.9 Å². The van der Waals surface area contributed by atoms with Crippen LogP contribution in [0, 0.1) is 0 Å². The Morgan fingerprint density at radius 3 is 2.32 bits per heavy atom. The molecule has 0 atom stereocenters. The lowest BCUT2D eigenvalue weighted by molar-refractivity contribution is 0.0849. The van der Waals surface area contributed by atoms with Crippen molar-refractivity contribution in [2.75, 3.05) is 6.26 Å². The second kappa shape index (κ2) is 6.40. The molecule has 0 bridgehead atoms. The lowest BCUT2D eigenvalue weighted by Crippen LogP contribution is -2.41. The summed E-state index contributed by atoms with van der Waals surface area (Å²) in [5.74, 6) is -0.651. The summed E-state index contributed by atoms with van der Waals surface area (Å²) < 4.78 is 0. The number of nitrogens with one attached hydrogen (secondary N) is 2. The molecule has 1 aromatic heterocycles. The van der Waals surface area contributed by atoms with E-state index in [1.54, 1.807) is 41.4 Å². The third-order valence-corrected chi connectivity index (χ3v) is 4.00. The van der Waals surface area contributed by atoms with Gasteiger partial charge in [0.2, 0.25) is 0 Å². The molecular formula is C13H12N2O2S2. The van der Waals surface area contributed by atoms with Gasteiger partial charge < -0.3 is 0 Å². The quantitative estimate of drug-likeness (QED) is 0.675. The highest BCUT2D eigenvalue weighted by Crippen LogP contribution is 2.14. The molecule has 98 valence electrons. The monoisotopic (exact) mass is 292 g/mol. The van der Waals surface area contributed by atoms with Gasteiger partial charge in [-0.25, -0.2) is 0 Å². The Labute approximate surface area is 119 Å². The van der Waals surface area contributed by atoms with Gasteiger partial charge in [0.25, 0.3) is 11.8 Å². The summed E-state index contributed by atoms with van der Waals surface area (Å²) >= 11 is 2.92. The van der Waals surface area contributed by atoms with Gasteiger partial charge in [0.15, 0.2) is 0 Å². The molecule has 0 unspecified atom stereocenters. The summed E-state index contributed by atoms with van der Waals surface area (Å²) in [6.07, 6.45) is 1.97. The summed E-state index contributed by atoms with van der Waals surface area (Å²) in [4.78, 5) is 25.0. The molecule has 0 saturated heterocycles. The van der Waals surface area contributed by atoms with Crippen molar-refractivity contribution in [3.05, 3.63) is 52.2 Å². The predicted molar refractivity (Wildman–Crippen MR) is 77.5 cm³/mol. The van der Waals surface area contributed by atoms with Crippen LogP contribution in [0.1, 0.15) is 20.0 Å². The van der Waals surface area contributed by atoms with Gasteiger partial charge in [0, 0.05) is 10.5 Å². The van der Waals surface area contributed by atoms with E-state index in [9.17, 15) is 9.59 Å². The molecule has 0 aliphatic rings. The highest BCUT2D eigenvalue weighted by molar-refractivity contribution is 7.98. The number of rotatable bonds is 3. The molecular weight excluding hydrogens is 280 g/mol. The van der Waals surface area contributed by atoms with Crippen LogP contribution in [-0.2, 0) is 0 Å². The molecule has 4 nitrogen and oxygen atoms in total. The molecule has 2 amide bonds. The van der Waals surface area contributed by atoms with Crippen LogP contribution in [-0.4, -0.2) is 18.1 Å². The molecule has 0 spiro atoms. The van der Waals surface area contributed by atoms with Crippen LogP contribution in [0.25, 0.3) is 0 Å². The van der Waals surface area contributed by atoms with Crippen molar-refractivity contribution in [1.29, 1.82) is 0 Å². The van der Waals surface area contributed by atoms with Crippen molar-refractivity contribution in [2.24, 2.45) is 0 Å². The number of carbonyl (C=O) groups is 2.